The van der Waals surface area contributed by atoms with Crippen LogP contribution in [0.15, 0.2) is 11.8 Å². The summed E-state index contributed by atoms with van der Waals surface area (Å²) < 4.78 is 0. The number of halogens is 1. The van der Waals surface area contributed by atoms with Gasteiger partial charge >= 0.3 is 0 Å². The predicted octanol–water partition coefficient (Wildman–Crippen LogP) is 3.35. The minimum atomic E-state index is 0.310. The molecular formula is C15H22ClNO. The summed E-state index contributed by atoms with van der Waals surface area (Å²) in [7, 11) is 0. The molecule has 1 aliphatic carbocycles. The Balaban J connectivity index is 1.92. The molecular weight excluding hydrogens is 246 g/mol. The van der Waals surface area contributed by atoms with Crippen molar-refractivity contribution in [2.45, 2.75) is 63.4 Å². The van der Waals surface area contributed by atoms with Gasteiger partial charge in [0.25, 0.3) is 0 Å². The molecule has 2 heterocycles. The number of fused-ring (bicyclic) bond motifs is 3. The molecule has 0 bridgehead atoms. The Bertz CT molecular complexity index is 392. The Morgan fingerprint density at radius 1 is 1.28 bits per heavy atom. The van der Waals surface area contributed by atoms with Crippen LogP contribution in [0.5, 0.6) is 0 Å². The van der Waals surface area contributed by atoms with E-state index in [1.54, 1.807) is 0 Å². The fourth-order valence-electron chi connectivity index (χ4n) is 4.24. The first-order valence-electron chi connectivity index (χ1n) is 7.23. The minimum Gasteiger partial charge on any atom is -0.368 e. The normalized spacial score (nSPS) is 44.2. The number of hydrogen-bond donors (Lipinski definition) is 0. The molecule has 0 amide bonds. The van der Waals surface area contributed by atoms with E-state index >= 15 is 0 Å². The first kappa shape index (κ1) is 12.5. The number of nitrogens with zero attached hydrogens (tertiary/aromatic N) is 1. The van der Waals surface area contributed by atoms with Gasteiger partial charge in [0, 0.05) is 35.7 Å². The van der Waals surface area contributed by atoms with Gasteiger partial charge in [0.05, 0.1) is 0 Å². The van der Waals surface area contributed by atoms with Gasteiger partial charge in [-0.1, -0.05) is 6.92 Å². The van der Waals surface area contributed by atoms with Crippen molar-refractivity contribution in [3.05, 3.63) is 11.8 Å². The number of hydrogen-bond acceptors (Lipinski definition) is 2. The zero-order valence-corrected chi connectivity index (χ0v) is 12.0. The van der Waals surface area contributed by atoms with E-state index in [4.69, 9.17) is 11.6 Å². The fraction of sp³-hybridized carbons (Fsp3) is 0.800. The van der Waals surface area contributed by atoms with Crippen molar-refractivity contribution < 1.29 is 4.79 Å². The van der Waals surface area contributed by atoms with Crippen molar-refractivity contribution in [3.63, 3.8) is 0 Å². The van der Waals surface area contributed by atoms with E-state index in [2.05, 4.69) is 18.7 Å². The molecule has 1 saturated heterocycles. The Hall–Kier alpha value is -0.500. The summed E-state index contributed by atoms with van der Waals surface area (Å²) in [6.07, 6.45) is 7.28. The average Bonchev–Trinajstić information content (AvgIpc) is 2.29. The molecule has 1 saturated carbocycles. The van der Waals surface area contributed by atoms with Crippen LogP contribution >= 0.6 is 11.6 Å². The fourth-order valence-corrected chi connectivity index (χ4v) is 4.60. The largest absolute Gasteiger partial charge is 0.368 e. The highest BCUT2D eigenvalue weighted by Crippen LogP contribution is 2.45. The number of rotatable bonds is 0. The standard InChI is InChI=1S/C15H22ClNO/c1-9-5-11-7-12(16)3-4-14(11)17-10(2)6-13(18)8-15(9)17/h8-12,14H,3-7H2,1-2H3. The van der Waals surface area contributed by atoms with Crippen LogP contribution < -0.4 is 0 Å². The van der Waals surface area contributed by atoms with Crippen LogP contribution in [-0.2, 0) is 4.79 Å². The number of carbonyl (C=O) groups excluding carboxylic acids is 1. The van der Waals surface area contributed by atoms with E-state index in [1.807, 2.05) is 6.08 Å². The molecule has 18 heavy (non-hydrogen) atoms. The van der Waals surface area contributed by atoms with Crippen molar-refractivity contribution in [2.24, 2.45) is 11.8 Å². The number of allylic oxidation sites excluding steroid dienone is 2. The predicted molar refractivity (Wildman–Crippen MR) is 73.6 cm³/mol. The van der Waals surface area contributed by atoms with Crippen molar-refractivity contribution in [1.29, 1.82) is 0 Å². The molecule has 3 rings (SSSR count). The highest BCUT2D eigenvalue weighted by atomic mass is 35.5. The van der Waals surface area contributed by atoms with Crippen molar-refractivity contribution in [1.82, 2.24) is 4.90 Å². The van der Waals surface area contributed by atoms with Crippen LogP contribution in [0, 0.1) is 11.8 Å². The lowest BCUT2D eigenvalue weighted by Gasteiger charge is -2.53. The first-order valence-corrected chi connectivity index (χ1v) is 7.66. The molecule has 0 aromatic rings. The third-order valence-electron chi connectivity index (χ3n) is 4.98. The van der Waals surface area contributed by atoms with Gasteiger partial charge in [-0.05, 0) is 44.4 Å². The zero-order valence-electron chi connectivity index (χ0n) is 11.2. The first-order chi connectivity index (χ1) is 8.56. The number of piperidine rings is 1. The second kappa shape index (κ2) is 4.56. The Kier molecular flexibility index (Phi) is 3.17. The molecule has 0 spiro atoms. The maximum absolute atomic E-state index is 11.8. The molecule has 2 fully saturated rings. The van der Waals surface area contributed by atoms with Crippen LogP contribution in [-0.4, -0.2) is 28.1 Å². The second-order valence-corrected chi connectivity index (χ2v) is 6.99. The van der Waals surface area contributed by atoms with Gasteiger partial charge in [-0.25, -0.2) is 0 Å². The summed E-state index contributed by atoms with van der Waals surface area (Å²) in [6, 6.07) is 1.00. The van der Waals surface area contributed by atoms with Crippen LogP contribution in [0.4, 0.5) is 0 Å². The van der Waals surface area contributed by atoms with Crippen LogP contribution in [0.1, 0.15) is 46.0 Å². The minimum absolute atomic E-state index is 0.310. The topological polar surface area (TPSA) is 20.3 Å². The Morgan fingerprint density at radius 3 is 2.83 bits per heavy atom. The molecule has 0 aromatic carbocycles. The van der Waals surface area contributed by atoms with Gasteiger partial charge < -0.3 is 4.90 Å². The molecule has 3 aliphatic rings. The summed E-state index contributed by atoms with van der Waals surface area (Å²) in [5, 5.41) is 0.366. The molecule has 0 aromatic heterocycles. The van der Waals surface area contributed by atoms with E-state index in [0.717, 1.165) is 18.8 Å². The highest BCUT2D eigenvalue weighted by molar-refractivity contribution is 6.20. The molecule has 3 heteroatoms. The third kappa shape index (κ3) is 1.99. The van der Waals surface area contributed by atoms with Crippen LogP contribution in [0.3, 0.4) is 0 Å². The van der Waals surface area contributed by atoms with E-state index in [-0.39, 0.29) is 0 Å². The van der Waals surface area contributed by atoms with Crippen molar-refractivity contribution in [3.8, 4) is 0 Å². The third-order valence-corrected chi connectivity index (χ3v) is 5.37. The van der Waals surface area contributed by atoms with Gasteiger partial charge in [0.15, 0.2) is 5.78 Å². The number of ketones is 1. The smallest absolute Gasteiger partial charge is 0.159 e. The SMILES string of the molecule is CC1CC2CC(Cl)CCC2N2C1=CC(=O)CC2C. The van der Waals surface area contributed by atoms with Crippen LogP contribution in [0.25, 0.3) is 0 Å². The van der Waals surface area contributed by atoms with Gasteiger partial charge in [-0.3, -0.25) is 4.79 Å². The van der Waals surface area contributed by atoms with Gasteiger partial charge in [-0.15, -0.1) is 11.6 Å². The quantitative estimate of drug-likeness (QED) is 0.628. The lowest BCUT2D eigenvalue weighted by atomic mass is 9.72. The molecule has 0 N–H and O–H groups in total. The second-order valence-electron chi connectivity index (χ2n) is 6.37. The van der Waals surface area contributed by atoms with Gasteiger partial charge in [-0.2, -0.15) is 0 Å². The van der Waals surface area contributed by atoms with E-state index in [9.17, 15) is 4.79 Å². The van der Waals surface area contributed by atoms with Crippen molar-refractivity contribution >= 4 is 17.4 Å². The lowest BCUT2D eigenvalue weighted by Crippen LogP contribution is -2.54. The highest BCUT2D eigenvalue weighted by Gasteiger charge is 2.43. The maximum Gasteiger partial charge on any atom is 0.159 e. The summed E-state index contributed by atoms with van der Waals surface area (Å²) in [6.45, 7) is 4.46. The van der Waals surface area contributed by atoms with Crippen molar-refractivity contribution in [2.75, 3.05) is 0 Å². The van der Waals surface area contributed by atoms with E-state index < -0.39 is 0 Å². The monoisotopic (exact) mass is 267 g/mol. The van der Waals surface area contributed by atoms with E-state index in [0.29, 0.717) is 35.6 Å². The summed E-state index contributed by atoms with van der Waals surface area (Å²) >= 11 is 6.33. The lowest BCUT2D eigenvalue weighted by molar-refractivity contribution is -0.117. The summed E-state index contributed by atoms with van der Waals surface area (Å²) in [5.74, 6) is 1.55. The Morgan fingerprint density at radius 2 is 2.06 bits per heavy atom. The molecule has 2 nitrogen and oxygen atoms in total. The molecule has 2 aliphatic heterocycles. The number of carbonyl (C=O) groups is 1. The van der Waals surface area contributed by atoms with Gasteiger partial charge in [0.1, 0.15) is 0 Å². The molecule has 100 valence electrons. The Labute approximate surface area is 114 Å². The van der Waals surface area contributed by atoms with E-state index in [1.165, 1.54) is 18.5 Å². The molecule has 5 unspecified atom stereocenters. The van der Waals surface area contributed by atoms with Crippen LogP contribution in [0.2, 0.25) is 0 Å². The average molecular weight is 268 g/mol. The summed E-state index contributed by atoms with van der Waals surface area (Å²) in [4.78, 5) is 14.3. The summed E-state index contributed by atoms with van der Waals surface area (Å²) in [5.41, 5.74) is 1.30. The number of alkyl halides is 1. The van der Waals surface area contributed by atoms with Gasteiger partial charge in [0.2, 0.25) is 0 Å². The molecule has 5 atom stereocenters. The molecule has 0 radical (unpaired) electrons. The zero-order chi connectivity index (χ0) is 12.9. The maximum atomic E-state index is 11.8.